The fraction of sp³-hybridized carbons (Fsp3) is 0.700. The first kappa shape index (κ1) is 13.1. The fourth-order valence-corrected chi connectivity index (χ4v) is 1.53. The van der Waals surface area contributed by atoms with Gasteiger partial charge in [-0.25, -0.2) is 0 Å². The lowest BCUT2D eigenvalue weighted by molar-refractivity contribution is -0.129. The summed E-state index contributed by atoms with van der Waals surface area (Å²) in [4.78, 5) is 12.0. The molecule has 0 saturated heterocycles. The Balaban J connectivity index is 2.75. The van der Waals surface area contributed by atoms with Crippen LogP contribution >= 0.6 is 0 Å². The van der Waals surface area contributed by atoms with E-state index < -0.39 is 5.41 Å². The molecule has 0 spiro atoms. The van der Waals surface area contributed by atoms with Crippen LogP contribution in [-0.4, -0.2) is 26.5 Å². The molecular weight excluding hydrogens is 220 g/mol. The van der Waals surface area contributed by atoms with Crippen LogP contribution in [0.2, 0.25) is 0 Å². The van der Waals surface area contributed by atoms with Gasteiger partial charge in [0, 0.05) is 0 Å². The predicted molar refractivity (Wildman–Crippen MR) is 59.4 cm³/mol. The number of nitrogens with zero attached hydrogens (tertiary/aromatic N) is 4. The molecule has 0 aliphatic heterocycles. The summed E-state index contributed by atoms with van der Waals surface area (Å²) < 4.78 is 0. The first-order valence-corrected chi connectivity index (χ1v) is 5.55. The molecule has 7 nitrogen and oxygen atoms in total. The molecule has 1 amide bonds. The highest BCUT2D eigenvalue weighted by atomic mass is 16.2. The highest BCUT2D eigenvalue weighted by Crippen LogP contribution is 2.26. The Kier molecular flexibility index (Phi) is 4.15. The third-order valence-corrected chi connectivity index (χ3v) is 2.95. The number of tetrazole rings is 1. The number of amides is 1. The average Bonchev–Trinajstić information content (AvgIpc) is 2.85. The summed E-state index contributed by atoms with van der Waals surface area (Å²) in [5, 5.41) is 25.2. The molecule has 0 aliphatic carbocycles. The molecule has 1 heterocycles. The third-order valence-electron chi connectivity index (χ3n) is 2.95. The zero-order valence-electron chi connectivity index (χ0n) is 10.2. The highest BCUT2D eigenvalue weighted by molar-refractivity contribution is 5.85. The van der Waals surface area contributed by atoms with Crippen LogP contribution in [0.25, 0.3) is 0 Å². The molecule has 0 bridgehead atoms. The van der Waals surface area contributed by atoms with E-state index >= 15 is 0 Å². The summed E-state index contributed by atoms with van der Waals surface area (Å²) in [6.07, 6.45) is 0.954. The van der Waals surface area contributed by atoms with Crippen molar-refractivity contribution in [2.24, 2.45) is 5.41 Å². The Morgan fingerprint density at radius 3 is 2.65 bits per heavy atom. The van der Waals surface area contributed by atoms with Crippen molar-refractivity contribution in [3.63, 3.8) is 0 Å². The molecular formula is C10H16N6O. The van der Waals surface area contributed by atoms with Gasteiger partial charge in [0.2, 0.25) is 5.91 Å². The van der Waals surface area contributed by atoms with E-state index in [0.29, 0.717) is 18.7 Å². The van der Waals surface area contributed by atoms with E-state index in [1.54, 1.807) is 6.92 Å². The van der Waals surface area contributed by atoms with Crippen molar-refractivity contribution in [3.05, 3.63) is 5.82 Å². The number of aromatic amines is 1. The van der Waals surface area contributed by atoms with E-state index in [4.69, 9.17) is 5.26 Å². The molecule has 1 atom stereocenters. The van der Waals surface area contributed by atoms with Crippen LogP contribution in [0, 0.1) is 16.7 Å². The second-order valence-electron chi connectivity index (χ2n) is 3.87. The van der Waals surface area contributed by atoms with Gasteiger partial charge in [-0.2, -0.15) is 10.5 Å². The Hall–Kier alpha value is -1.97. The van der Waals surface area contributed by atoms with Crippen LogP contribution in [0.5, 0.6) is 0 Å². The van der Waals surface area contributed by atoms with Gasteiger partial charge < -0.3 is 5.32 Å². The van der Waals surface area contributed by atoms with E-state index in [9.17, 15) is 4.79 Å². The van der Waals surface area contributed by atoms with Crippen LogP contribution in [0.15, 0.2) is 0 Å². The molecule has 7 heteroatoms. The molecule has 0 aromatic carbocycles. The molecule has 1 unspecified atom stereocenters. The van der Waals surface area contributed by atoms with Gasteiger partial charge in [-0.15, -0.1) is 10.2 Å². The van der Waals surface area contributed by atoms with Crippen molar-refractivity contribution in [2.75, 3.05) is 0 Å². The largest absolute Gasteiger partial charge is 0.345 e. The van der Waals surface area contributed by atoms with E-state index in [1.807, 2.05) is 13.8 Å². The van der Waals surface area contributed by atoms with E-state index in [-0.39, 0.29) is 11.9 Å². The zero-order valence-corrected chi connectivity index (χ0v) is 10.2. The van der Waals surface area contributed by atoms with Gasteiger partial charge in [0.05, 0.1) is 12.1 Å². The number of hydrogen-bond acceptors (Lipinski definition) is 5. The first-order valence-electron chi connectivity index (χ1n) is 5.55. The van der Waals surface area contributed by atoms with Crippen molar-refractivity contribution in [2.45, 2.75) is 39.7 Å². The van der Waals surface area contributed by atoms with Crippen LogP contribution < -0.4 is 5.32 Å². The van der Waals surface area contributed by atoms with Crippen molar-refractivity contribution in [1.82, 2.24) is 25.9 Å². The monoisotopic (exact) mass is 236 g/mol. The first-order chi connectivity index (χ1) is 8.09. The van der Waals surface area contributed by atoms with Crippen molar-refractivity contribution in [3.8, 4) is 6.07 Å². The molecule has 0 aliphatic rings. The van der Waals surface area contributed by atoms with Crippen LogP contribution in [0.1, 0.15) is 45.5 Å². The number of H-pyrrole nitrogens is 1. The summed E-state index contributed by atoms with van der Waals surface area (Å²) in [5.74, 6) is 0.111. The number of hydrogen-bond donors (Lipinski definition) is 2. The Morgan fingerprint density at radius 1 is 1.59 bits per heavy atom. The summed E-state index contributed by atoms with van der Waals surface area (Å²) in [5.41, 5.74) is -0.974. The highest BCUT2D eigenvalue weighted by Gasteiger charge is 2.36. The number of carbonyl (C=O) groups excluding carboxylic acids is 1. The number of aromatic nitrogens is 4. The van der Waals surface area contributed by atoms with E-state index in [2.05, 4.69) is 32.0 Å². The van der Waals surface area contributed by atoms with Crippen LogP contribution in [-0.2, 0) is 4.79 Å². The molecule has 0 radical (unpaired) electrons. The maximum atomic E-state index is 12.0. The van der Waals surface area contributed by atoms with Gasteiger partial charge in [-0.05, 0) is 19.8 Å². The summed E-state index contributed by atoms with van der Waals surface area (Å²) in [6.45, 7) is 5.40. The topological polar surface area (TPSA) is 107 Å². The minimum atomic E-state index is -0.974. The van der Waals surface area contributed by atoms with Gasteiger partial charge in [-0.1, -0.05) is 19.1 Å². The maximum absolute atomic E-state index is 12.0. The smallest absolute Gasteiger partial charge is 0.241 e. The molecule has 1 rings (SSSR count). The quantitative estimate of drug-likeness (QED) is 0.782. The SMILES string of the molecule is CCC(C#N)(CC)C(=O)NC(C)c1nn[nH]n1. The van der Waals surface area contributed by atoms with E-state index in [0.717, 1.165) is 0 Å². The molecule has 0 fully saturated rings. The second-order valence-corrected chi connectivity index (χ2v) is 3.87. The lowest BCUT2D eigenvalue weighted by Crippen LogP contribution is -2.40. The van der Waals surface area contributed by atoms with Crippen LogP contribution in [0.4, 0.5) is 0 Å². The molecule has 17 heavy (non-hydrogen) atoms. The zero-order chi connectivity index (χ0) is 12.9. The number of nitriles is 1. The lowest BCUT2D eigenvalue weighted by atomic mass is 9.83. The summed E-state index contributed by atoms with van der Waals surface area (Å²) in [7, 11) is 0. The third kappa shape index (κ3) is 2.58. The average molecular weight is 236 g/mol. The summed E-state index contributed by atoms with van der Waals surface area (Å²) in [6, 6.07) is 1.72. The Bertz CT molecular complexity index is 403. The van der Waals surface area contributed by atoms with E-state index in [1.165, 1.54) is 0 Å². The van der Waals surface area contributed by atoms with Gasteiger partial charge >= 0.3 is 0 Å². The minimum Gasteiger partial charge on any atom is -0.345 e. The fourth-order valence-electron chi connectivity index (χ4n) is 1.53. The van der Waals surface area contributed by atoms with Gasteiger partial charge in [0.25, 0.3) is 0 Å². The van der Waals surface area contributed by atoms with Gasteiger partial charge in [0.1, 0.15) is 5.41 Å². The number of carbonyl (C=O) groups is 1. The normalized spacial score (nSPS) is 12.8. The molecule has 1 aromatic rings. The van der Waals surface area contributed by atoms with Gasteiger partial charge in [0.15, 0.2) is 5.82 Å². The standard InChI is InChI=1S/C10H16N6O/c1-4-10(5-2,6-11)9(17)12-7(3)8-13-15-16-14-8/h7H,4-5H2,1-3H3,(H,12,17)(H,13,14,15,16). The Labute approximate surface area is 99.6 Å². The molecule has 1 aromatic heterocycles. The Morgan fingerprint density at radius 2 is 2.24 bits per heavy atom. The molecule has 0 saturated carbocycles. The number of nitrogens with one attached hydrogen (secondary N) is 2. The van der Waals surface area contributed by atoms with Crippen molar-refractivity contribution < 1.29 is 4.79 Å². The molecule has 92 valence electrons. The number of rotatable bonds is 5. The van der Waals surface area contributed by atoms with Crippen molar-refractivity contribution >= 4 is 5.91 Å². The second kappa shape index (κ2) is 5.39. The minimum absolute atomic E-state index is 0.290. The van der Waals surface area contributed by atoms with Crippen LogP contribution in [0.3, 0.4) is 0 Å². The van der Waals surface area contributed by atoms with Crippen molar-refractivity contribution in [1.29, 1.82) is 5.26 Å². The maximum Gasteiger partial charge on any atom is 0.241 e. The summed E-state index contributed by atoms with van der Waals surface area (Å²) >= 11 is 0. The predicted octanol–water partition coefficient (Wildman–Crippen LogP) is 0.707. The van der Waals surface area contributed by atoms with Gasteiger partial charge in [-0.3, -0.25) is 4.79 Å². The molecule has 2 N–H and O–H groups in total. The lowest BCUT2D eigenvalue weighted by Gasteiger charge is -2.23.